The van der Waals surface area contributed by atoms with Gasteiger partial charge in [0.05, 0.1) is 11.0 Å². The number of nitrogens with zero attached hydrogens (tertiary/aromatic N) is 3. The summed E-state index contributed by atoms with van der Waals surface area (Å²) >= 11 is 12.6. The molecular weight excluding hydrogens is 329 g/mol. The van der Waals surface area contributed by atoms with Crippen molar-refractivity contribution in [3.8, 4) is 0 Å². The van der Waals surface area contributed by atoms with Gasteiger partial charge in [-0.15, -0.1) is 0 Å². The molecule has 1 aromatic heterocycles. The molecular formula is C18H23Cl2N3. The molecule has 0 radical (unpaired) electrons. The number of halogens is 2. The van der Waals surface area contributed by atoms with Crippen LogP contribution in [-0.4, -0.2) is 27.0 Å². The molecule has 0 N–H and O–H groups in total. The molecule has 1 aromatic carbocycles. The minimum Gasteiger partial charge on any atom is -0.313 e. The molecule has 124 valence electrons. The quantitative estimate of drug-likeness (QED) is 0.697. The van der Waals surface area contributed by atoms with Crippen LogP contribution in [0.2, 0.25) is 10.3 Å². The van der Waals surface area contributed by atoms with Gasteiger partial charge in [0, 0.05) is 30.7 Å². The van der Waals surface area contributed by atoms with E-state index in [0.717, 1.165) is 48.5 Å². The Bertz CT molecular complexity index is 742. The maximum Gasteiger partial charge on any atom is 0.203 e. The second kappa shape index (κ2) is 6.84. The summed E-state index contributed by atoms with van der Waals surface area (Å²) in [5.41, 5.74) is 4.74. The van der Waals surface area contributed by atoms with E-state index in [0.29, 0.717) is 11.3 Å². The molecule has 2 heterocycles. The van der Waals surface area contributed by atoms with Crippen molar-refractivity contribution in [3.05, 3.63) is 39.7 Å². The van der Waals surface area contributed by atoms with Gasteiger partial charge >= 0.3 is 0 Å². The highest BCUT2D eigenvalue weighted by molar-refractivity contribution is 6.32. The predicted molar refractivity (Wildman–Crippen MR) is 98.3 cm³/mol. The van der Waals surface area contributed by atoms with Crippen LogP contribution in [0.15, 0.2) is 23.8 Å². The number of rotatable bonds is 4. The van der Waals surface area contributed by atoms with Crippen molar-refractivity contribution in [2.45, 2.75) is 52.7 Å². The molecule has 2 aromatic rings. The van der Waals surface area contributed by atoms with Crippen molar-refractivity contribution in [2.24, 2.45) is 0 Å². The van der Waals surface area contributed by atoms with E-state index in [-0.39, 0.29) is 0 Å². The van der Waals surface area contributed by atoms with Crippen molar-refractivity contribution in [1.82, 2.24) is 14.5 Å². The van der Waals surface area contributed by atoms with Gasteiger partial charge in [0.15, 0.2) is 0 Å². The molecule has 0 unspecified atom stereocenters. The predicted octanol–water partition coefficient (Wildman–Crippen LogP) is 5.29. The third kappa shape index (κ3) is 3.28. The standard InChI is InChI=1S/C18H23Cl2N3/c1-4-13(5-2)6-7-22-11-14-8-15(19)9-16-17(14)23(10-12(22)3)18(20)21-16/h6,8-9,12H,4-5,7,10-11H2,1-3H3/t12-/m0/s1. The van der Waals surface area contributed by atoms with Gasteiger partial charge in [-0.1, -0.05) is 37.1 Å². The summed E-state index contributed by atoms with van der Waals surface area (Å²) < 4.78 is 2.12. The molecule has 0 aliphatic carbocycles. The van der Waals surface area contributed by atoms with Crippen LogP contribution < -0.4 is 0 Å². The largest absolute Gasteiger partial charge is 0.313 e. The minimum absolute atomic E-state index is 0.391. The Morgan fingerprint density at radius 3 is 2.74 bits per heavy atom. The third-order valence-corrected chi connectivity index (χ3v) is 5.31. The summed E-state index contributed by atoms with van der Waals surface area (Å²) in [4.78, 5) is 6.95. The Morgan fingerprint density at radius 1 is 1.30 bits per heavy atom. The summed E-state index contributed by atoms with van der Waals surface area (Å²) in [5.74, 6) is 0. The molecule has 3 rings (SSSR count). The average molecular weight is 352 g/mol. The molecule has 0 amide bonds. The SMILES string of the molecule is CCC(=CCN1Cc2cc(Cl)cc3nc(Cl)n(c23)C[C@@H]1C)CC. The highest BCUT2D eigenvalue weighted by Gasteiger charge is 2.24. The number of hydrogen-bond acceptors (Lipinski definition) is 2. The van der Waals surface area contributed by atoms with Crippen LogP contribution in [0.5, 0.6) is 0 Å². The van der Waals surface area contributed by atoms with Crippen molar-refractivity contribution in [3.63, 3.8) is 0 Å². The number of benzene rings is 1. The highest BCUT2D eigenvalue weighted by atomic mass is 35.5. The van der Waals surface area contributed by atoms with Gasteiger partial charge in [0.1, 0.15) is 0 Å². The molecule has 0 fully saturated rings. The van der Waals surface area contributed by atoms with Gasteiger partial charge < -0.3 is 4.57 Å². The topological polar surface area (TPSA) is 21.1 Å². The first kappa shape index (κ1) is 16.8. The first-order valence-corrected chi connectivity index (χ1v) is 9.05. The highest BCUT2D eigenvalue weighted by Crippen LogP contribution is 2.31. The average Bonchev–Trinajstić information content (AvgIpc) is 2.73. The fourth-order valence-corrected chi connectivity index (χ4v) is 3.84. The van der Waals surface area contributed by atoms with Crippen molar-refractivity contribution in [1.29, 1.82) is 0 Å². The zero-order valence-electron chi connectivity index (χ0n) is 13.9. The Balaban J connectivity index is 1.98. The van der Waals surface area contributed by atoms with Crippen molar-refractivity contribution >= 4 is 34.2 Å². The molecule has 0 bridgehead atoms. The van der Waals surface area contributed by atoms with Crippen LogP contribution >= 0.6 is 23.2 Å². The minimum atomic E-state index is 0.391. The lowest BCUT2D eigenvalue weighted by Crippen LogP contribution is -2.34. The number of hydrogen-bond donors (Lipinski definition) is 0. The summed E-state index contributed by atoms with van der Waals surface area (Å²) in [6, 6.07) is 4.34. The Hall–Kier alpha value is -1.03. The van der Waals surface area contributed by atoms with Gasteiger partial charge in [-0.25, -0.2) is 4.98 Å². The second-order valence-corrected chi connectivity index (χ2v) is 7.05. The lowest BCUT2D eigenvalue weighted by Gasteiger charge is -2.26. The summed E-state index contributed by atoms with van der Waals surface area (Å²) in [6.07, 6.45) is 4.62. The van der Waals surface area contributed by atoms with E-state index in [1.807, 2.05) is 12.1 Å². The smallest absolute Gasteiger partial charge is 0.203 e. The Kier molecular flexibility index (Phi) is 5.00. The monoisotopic (exact) mass is 351 g/mol. The van der Waals surface area contributed by atoms with Gasteiger partial charge in [-0.2, -0.15) is 0 Å². The van der Waals surface area contributed by atoms with Gasteiger partial charge in [-0.3, -0.25) is 4.90 Å². The Labute approximate surface area is 147 Å². The molecule has 1 atom stereocenters. The lowest BCUT2D eigenvalue weighted by atomic mass is 10.1. The Morgan fingerprint density at radius 2 is 2.04 bits per heavy atom. The molecule has 23 heavy (non-hydrogen) atoms. The first-order chi connectivity index (χ1) is 11.0. The number of allylic oxidation sites excluding steroid dienone is 1. The maximum absolute atomic E-state index is 6.36. The van der Waals surface area contributed by atoms with E-state index < -0.39 is 0 Å². The van der Waals surface area contributed by atoms with Gasteiger partial charge in [0.2, 0.25) is 5.28 Å². The van der Waals surface area contributed by atoms with Crippen LogP contribution in [0.1, 0.15) is 39.2 Å². The fraction of sp³-hybridized carbons (Fsp3) is 0.500. The van der Waals surface area contributed by atoms with E-state index in [1.54, 1.807) is 0 Å². The summed E-state index contributed by atoms with van der Waals surface area (Å²) in [6.45, 7) is 9.38. The first-order valence-electron chi connectivity index (χ1n) is 8.29. The molecule has 0 saturated heterocycles. The van der Waals surface area contributed by atoms with Crippen molar-refractivity contribution in [2.75, 3.05) is 6.54 Å². The summed E-state index contributed by atoms with van der Waals surface area (Å²) in [5, 5.41) is 1.28. The van der Waals surface area contributed by atoms with Gasteiger partial charge in [0.25, 0.3) is 0 Å². The van der Waals surface area contributed by atoms with E-state index in [2.05, 4.69) is 41.3 Å². The van der Waals surface area contributed by atoms with E-state index in [4.69, 9.17) is 23.2 Å². The van der Waals surface area contributed by atoms with Crippen LogP contribution in [0.4, 0.5) is 0 Å². The third-order valence-electron chi connectivity index (χ3n) is 4.81. The molecule has 1 aliphatic heterocycles. The van der Waals surface area contributed by atoms with Crippen LogP contribution in [0.25, 0.3) is 11.0 Å². The fourth-order valence-electron chi connectivity index (χ4n) is 3.36. The second-order valence-electron chi connectivity index (χ2n) is 6.27. The zero-order valence-corrected chi connectivity index (χ0v) is 15.5. The van der Waals surface area contributed by atoms with E-state index in [1.165, 1.54) is 11.1 Å². The normalized spacial score (nSPS) is 18.2. The molecule has 5 heteroatoms. The van der Waals surface area contributed by atoms with Gasteiger partial charge in [-0.05, 0) is 49.1 Å². The molecule has 1 aliphatic rings. The van der Waals surface area contributed by atoms with Crippen LogP contribution in [0.3, 0.4) is 0 Å². The summed E-state index contributed by atoms with van der Waals surface area (Å²) in [7, 11) is 0. The zero-order chi connectivity index (χ0) is 16.6. The molecule has 0 spiro atoms. The van der Waals surface area contributed by atoms with E-state index >= 15 is 0 Å². The molecule has 0 saturated carbocycles. The van der Waals surface area contributed by atoms with Crippen LogP contribution in [-0.2, 0) is 13.1 Å². The lowest BCUT2D eigenvalue weighted by molar-refractivity contribution is 0.210. The molecule has 3 nitrogen and oxygen atoms in total. The number of aromatic nitrogens is 2. The maximum atomic E-state index is 6.36. The van der Waals surface area contributed by atoms with E-state index in [9.17, 15) is 0 Å². The number of imidazole rings is 1. The van der Waals surface area contributed by atoms with Crippen LogP contribution in [0, 0.1) is 0 Å². The van der Waals surface area contributed by atoms with Crippen molar-refractivity contribution < 1.29 is 0 Å².